The number of benzene rings is 2. The van der Waals surface area contributed by atoms with Crippen molar-refractivity contribution >= 4 is 11.7 Å². The van der Waals surface area contributed by atoms with Gasteiger partial charge in [0.25, 0.3) is 0 Å². The van der Waals surface area contributed by atoms with Crippen LogP contribution in [0.2, 0.25) is 0 Å². The molecule has 0 fully saturated rings. The minimum absolute atomic E-state index is 0.213. The second kappa shape index (κ2) is 7.34. The molecular formula is C17H19NO2. The Kier molecular flexibility index (Phi) is 5.18. The fourth-order valence-electron chi connectivity index (χ4n) is 1.84. The largest absolute Gasteiger partial charge is 0.427 e. The lowest BCUT2D eigenvalue weighted by molar-refractivity contribution is -0.134. The molecule has 2 aromatic carbocycles. The van der Waals surface area contributed by atoms with E-state index in [-0.39, 0.29) is 5.97 Å². The Bertz CT molecular complexity index is 535. The fraction of sp³-hybridized carbons (Fsp3) is 0.235. The summed E-state index contributed by atoms with van der Waals surface area (Å²) in [4.78, 5) is 11.2. The third-order valence-electron chi connectivity index (χ3n) is 2.96. The maximum atomic E-state index is 11.2. The van der Waals surface area contributed by atoms with Crippen molar-refractivity contribution in [1.82, 2.24) is 0 Å². The normalized spacial score (nSPS) is 10.1. The lowest BCUT2D eigenvalue weighted by Crippen LogP contribution is -2.06. The second-order valence-corrected chi connectivity index (χ2v) is 4.51. The van der Waals surface area contributed by atoms with E-state index >= 15 is 0 Å². The fourth-order valence-corrected chi connectivity index (χ4v) is 1.84. The summed E-state index contributed by atoms with van der Waals surface area (Å²) in [5.41, 5.74) is 2.34. The first-order valence-corrected chi connectivity index (χ1v) is 6.86. The molecule has 0 heterocycles. The van der Waals surface area contributed by atoms with E-state index in [9.17, 15) is 4.79 Å². The molecule has 0 unspecified atom stereocenters. The Balaban J connectivity index is 1.80. The molecule has 0 saturated heterocycles. The molecule has 0 aromatic heterocycles. The SMILES string of the molecule is CCC(=O)Oc1ccc(NCCc2ccccc2)cc1. The quantitative estimate of drug-likeness (QED) is 0.642. The highest BCUT2D eigenvalue weighted by Gasteiger charge is 2.01. The Morgan fingerprint density at radius 1 is 1.05 bits per heavy atom. The molecule has 2 aromatic rings. The van der Waals surface area contributed by atoms with E-state index < -0.39 is 0 Å². The van der Waals surface area contributed by atoms with Gasteiger partial charge in [-0.1, -0.05) is 37.3 Å². The summed E-state index contributed by atoms with van der Waals surface area (Å²) in [7, 11) is 0. The molecule has 0 amide bonds. The molecule has 104 valence electrons. The zero-order chi connectivity index (χ0) is 14.2. The van der Waals surface area contributed by atoms with Gasteiger partial charge in [0.05, 0.1) is 0 Å². The van der Waals surface area contributed by atoms with Gasteiger partial charge in [0.1, 0.15) is 5.75 Å². The van der Waals surface area contributed by atoms with Gasteiger partial charge < -0.3 is 10.1 Å². The summed E-state index contributed by atoms with van der Waals surface area (Å²) < 4.78 is 5.13. The number of hydrogen-bond donors (Lipinski definition) is 1. The predicted molar refractivity (Wildman–Crippen MR) is 81.0 cm³/mol. The van der Waals surface area contributed by atoms with Crippen molar-refractivity contribution in [3.8, 4) is 5.75 Å². The minimum atomic E-state index is -0.213. The number of carbonyl (C=O) groups excluding carboxylic acids is 1. The summed E-state index contributed by atoms with van der Waals surface area (Å²) in [6, 6.07) is 17.8. The maximum absolute atomic E-state index is 11.2. The first kappa shape index (κ1) is 14.1. The first-order chi connectivity index (χ1) is 9.78. The van der Waals surface area contributed by atoms with Gasteiger partial charge in [-0.25, -0.2) is 0 Å². The number of anilines is 1. The molecular weight excluding hydrogens is 250 g/mol. The van der Waals surface area contributed by atoms with Gasteiger partial charge in [-0.15, -0.1) is 0 Å². The van der Waals surface area contributed by atoms with E-state index in [0.717, 1.165) is 18.7 Å². The van der Waals surface area contributed by atoms with Gasteiger partial charge in [-0.05, 0) is 36.2 Å². The van der Waals surface area contributed by atoms with E-state index in [2.05, 4.69) is 17.4 Å². The van der Waals surface area contributed by atoms with Crippen molar-refractivity contribution < 1.29 is 9.53 Å². The molecule has 1 N–H and O–H groups in total. The predicted octanol–water partition coefficient (Wildman–Crippen LogP) is 3.66. The summed E-state index contributed by atoms with van der Waals surface area (Å²) >= 11 is 0. The average molecular weight is 269 g/mol. The van der Waals surface area contributed by atoms with E-state index in [4.69, 9.17) is 4.74 Å². The van der Waals surface area contributed by atoms with Crippen molar-refractivity contribution in [1.29, 1.82) is 0 Å². The second-order valence-electron chi connectivity index (χ2n) is 4.51. The van der Waals surface area contributed by atoms with Crippen LogP contribution >= 0.6 is 0 Å². The Morgan fingerprint density at radius 3 is 2.40 bits per heavy atom. The lowest BCUT2D eigenvalue weighted by atomic mass is 10.1. The number of nitrogens with one attached hydrogen (secondary N) is 1. The van der Waals surface area contributed by atoms with Gasteiger partial charge >= 0.3 is 5.97 Å². The van der Waals surface area contributed by atoms with Crippen molar-refractivity contribution in [2.45, 2.75) is 19.8 Å². The Labute approximate surface area is 119 Å². The third kappa shape index (κ3) is 4.43. The Hall–Kier alpha value is -2.29. The minimum Gasteiger partial charge on any atom is -0.427 e. The molecule has 0 aliphatic heterocycles. The molecule has 3 nitrogen and oxygen atoms in total. The van der Waals surface area contributed by atoms with Gasteiger partial charge in [0.15, 0.2) is 0 Å². The highest BCUT2D eigenvalue weighted by molar-refractivity contribution is 5.72. The van der Waals surface area contributed by atoms with Gasteiger partial charge in [0.2, 0.25) is 0 Å². The van der Waals surface area contributed by atoms with Crippen molar-refractivity contribution in [2.24, 2.45) is 0 Å². The van der Waals surface area contributed by atoms with Crippen LogP contribution in [0.5, 0.6) is 5.75 Å². The molecule has 0 aliphatic rings. The summed E-state index contributed by atoms with van der Waals surface area (Å²) in [5, 5.41) is 3.35. The van der Waals surface area contributed by atoms with Crippen LogP contribution in [0, 0.1) is 0 Å². The first-order valence-electron chi connectivity index (χ1n) is 6.86. The van der Waals surface area contributed by atoms with Gasteiger partial charge in [0, 0.05) is 18.7 Å². The molecule has 0 bridgehead atoms. The molecule has 0 saturated carbocycles. The Morgan fingerprint density at radius 2 is 1.75 bits per heavy atom. The van der Waals surface area contributed by atoms with Crippen LogP contribution in [-0.2, 0) is 11.2 Å². The molecule has 20 heavy (non-hydrogen) atoms. The standard InChI is InChI=1S/C17H19NO2/c1-2-17(19)20-16-10-8-15(9-11-16)18-13-12-14-6-4-3-5-7-14/h3-11,18H,2,12-13H2,1H3. The van der Waals surface area contributed by atoms with Crippen molar-refractivity contribution in [2.75, 3.05) is 11.9 Å². The third-order valence-corrected chi connectivity index (χ3v) is 2.96. The summed E-state index contributed by atoms with van der Waals surface area (Å²) in [6.07, 6.45) is 1.37. The van der Waals surface area contributed by atoms with Crippen LogP contribution in [0.3, 0.4) is 0 Å². The molecule has 0 radical (unpaired) electrons. The summed E-state index contributed by atoms with van der Waals surface area (Å²) in [6.45, 7) is 2.65. The van der Waals surface area contributed by atoms with E-state index in [1.54, 1.807) is 19.1 Å². The van der Waals surface area contributed by atoms with Crippen LogP contribution in [-0.4, -0.2) is 12.5 Å². The monoisotopic (exact) mass is 269 g/mol. The molecule has 0 aliphatic carbocycles. The molecule has 2 rings (SSSR count). The van der Waals surface area contributed by atoms with Gasteiger partial charge in [-0.3, -0.25) is 4.79 Å². The molecule has 0 spiro atoms. The topological polar surface area (TPSA) is 38.3 Å². The van der Waals surface area contributed by atoms with Crippen LogP contribution in [0.1, 0.15) is 18.9 Å². The molecule has 3 heteroatoms. The molecule has 0 atom stereocenters. The highest BCUT2D eigenvalue weighted by atomic mass is 16.5. The van der Waals surface area contributed by atoms with Crippen LogP contribution in [0.25, 0.3) is 0 Å². The van der Waals surface area contributed by atoms with Crippen LogP contribution < -0.4 is 10.1 Å². The number of hydrogen-bond acceptors (Lipinski definition) is 3. The van der Waals surface area contributed by atoms with E-state index in [0.29, 0.717) is 12.2 Å². The zero-order valence-electron chi connectivity index (χ0n) is 11.6. The number of esters is 1. The number of rotatable bonds is 6. The number of carbonyl (C=O) groups is 1. The maximum Gasteiger partial charge on any atom is 0.310 e. The zero-order valence-corrected chi connectivity index (χ0v) is 11.6. The smallest absolute Gasteiger partial charge is 0.310 e. The van der Waals surface area contributed by atoms with Crippen molar-refractivity contribution in [3.63, 3.8) is 0 Å². The van der Waals surface area contributed by atoms with E-state index in [1.165, 1.54) is 5.56 Å². The van der Waals surface area contributed by atoms with Crippen LogP contribution in [0.15, 0.2) is 54.6 Å². The lowest BCUT2D eigenvalue weighted by Gasteiger charge is -2.08. The van der Waals surface area contributed by atoms with E-state index in [1.807, 2.05) is 30.3 Å². The van der Waals surface area contributed by atoms with Crippen LogP contribution in [0.4, 0.5) is 5.69 Å². The average Bonchev–Trinajstić information content (AvgIpc) is 2.50. The van der Waals surface area contributed by atoms with Gasteiger partial charge in [-0.2, -0.15) is 0 Å². The number of ether oxygens (including phenoxy) is 1. The highest BCUT2D eigenvalue weighted by Crippen LogP contribution is 2.16. The van der Waals surface area contributed by atoms with Crippen molar-refractivity contribution in [3.05, 3.63) is 60.2 Å². The summed E-state index contributed by atoms with van der Waals surface area (Å²) in [5.74, 6) is 0.375.